The van der Waals surface area contributed by atoms with Crippen molar-refractivity contribution in [2.24, 2.45) is 0 Å². The molecule has 4 nitrogen and oxygen atoms in total. The molecule has 0 spiro atoms. The molecule has 1 heterocycles. The molecule has 2 N–H and O–H groups in total. The van der Waals surface area contributed by atoms with Crippen molar-refractivity contribution < 1.29 is 5.11 Å². The van der Waals surface area contributed by atoms with Gasteiger partial charge < -0.3 is 15.0 Å². The summed E-state index contributed by atoms with van der Waals surface area (Å²) in [5.41, 5.74) is 4.87. The van der Waals surface area contributed by atoms with Crippen LogP contribution in [0, 0.1) is 6.92 Å². The normalized spacial score (nSPS) is 11.0. The van der Waals surface area contributed by atoms with Gasteiger partial charge in [-0.2, -0.15) is 0 Å². The molecule has 0 aliphatic heterocycles. The van der Waals surface area contributed by atoms with Gasteiger partial charge in [0, 0.05) is 30.7 Å². The maximum atomic E-state index is 12.7. The molecule has 0 radical (unpaired) electrons. The average Bonchev–Trinajstić information content (AvgIpc) is 2.69. The van der Waals surface area contributed by atoms with Crippen molar-refractivity contribution in [3.63, 3.8) is 0 Å². The topological polar surface area (TPSA) is 56.3 Å². The third-order valence-corrected chi connectivity index (χ3v) is 5.50. The summed E-state index contributed by atoms with van der Waals surface area (Å²) in [5, 5.41) is 12.1. The Morgan fingerprint density at radius 1 is 0.966 bits per heavy atom. The number of rotatable bonds is 3. The summed E-state index contributed by atoms with van der Waals surface area (Å²) in [6.45, 7) is 1.91. The number of H-pyrrole nitrogens is 1. The number of nitrogens with one attached hydrogen (secondary N) is 1. The van der Waals surface area contributed by atoms with Gasteiger partial charge in [0.1, 0.15) is 5.75 Å². The van der Waals surface area contributed by atoms with E-state index in [0.717, 1.165) is 22.4 Å². The molecule has 5 heteroatoms. The van der Waals surface area contributed by atoms with E-state index in [0.29, 0.717) is 21.5 Å². The van der Waals surface area contributed by atoms with Gasteiger partial charge in [0.2, 0.25) is 0 Å². The Labute approximate surface area is 174 Å². The number of hydrogen-bond acceptors (Lipinski definition) is 3. The zero-order valence-electron chi connectivity index (χ0n) is 16.5. The molecule has 146 valence electrons. The van der Waals surface area contributed by atoms with E-state index in [1.807, 2.05) is 80.5 Å². The number of nitrogens with zero attached hydrogens (tertiary/aromatic N) is 1. The van der Waals surface area contributed by atoms with Gasteiger partial charge in [-0.1, -0.05) is 48.0 Å². The molecular formula is C24H21ClN2O2. The third-order valence-electron chi connectivity index (χ3n) is 5.18. The summed E-state index contributed by atoms with van der Waals surface area (Å²) in [7, 11) is 3.97. The molecule has 0 atom stereocenters. The molecule has 0 bridgehead atoms. The van der Waals surface area contributed by atoms with Gasteiger partial charge >= 0.3 is 0 Å². The number of halogens is 1. The van der Waals surface area contributed by atoms with Crippen molar-refractivity contribution in [1.29, 1.82) is 0 Å². The monoisotopic (exact) mass is 404 g/mol. The lowest BCUT2D eigenvalue weighted by molar-refractivity contribution is 0.482. The van der Waals surface area contributed by atoms with Crippen LogP contribution in [0.1, 0.15) is 5.56 Å². The predicted molar refractivity (Wildman–Crippen MR) is 121 cm³/mol. The number of aromatic hydroxyl groups is 1. The number of benzene rings is 3. The summed E-state index contributed by atoms with van der Waals surface area (Å²) in [4.78, 5) is 17.6. The molecule has 0 fully saturated rings. The van der Waals surface area contributed by atoms with Crippen LogP contribution < -0.4 is 10.5 Å². The number of hydrogen-bond donors (Lipinski definition) is 2. The predicted octanol–water partition coefficient (Wildman–Crippen LogP) is 5.60. The second-order valence-electron chi connectivity index (χ2n) is 7.31. The quantitative estimate of drug-likeness (QED) is 0.467. The Morgan fingerprint density at radius 2 is 1.66 bits per heavy atom. The summed E-state index contributed by atoms with van der Waals surface area (Å²) in [6.07, 6.45) is 0. The van der Waals surface area contributed by atoms with E-state index in [1.54, 1.807) is 6.07 Å². The minimum atomic E-state index is -0.344. The first-order valence-electron chi connectivity index (χ1n) is 9.29. The summed E-state index contributed by atoms with van der Waals surface area (Å²) < 4.78 is 0. The van der Waals surface area contributed by atoms with Crippen molar-refractivity contribution in [3.8, 4) is 28.0 Å². The van der Waals surface area contributed by atoms with E-state index in [1.165, 1.54) is 0 Å². The highest BCUT2D eigenvalue weighted by Crippen LogP contribution is 2.38. The fourth-order valence-electron chi connectivity index (χ4n) is 3.56. The molecule has 0 aliphatic carbocycles. The standard InChI is InChI=1S/C24H21ClN2O2/c1-14-6-4-5-7-17(14)22-23(28)19-12-18(20(25)13-21(19)26-24(22)29)15-8-10-16(11-9-15)27(2)3/h4-13H,1-3H3,(H2,26,28,29). The van der Waals surface area contributed by atoms with Crippen molar-refractivity contribution in [3.05, 3.63) is 81.6 Å². The molecule has 3 aromatic carbocycles. The molecule has 0 saturated heterocycles. The second kappa shape index (κ2) is 7.30. The molecule has 29 heavy (non-hydrogen) atoms. The number of fused-ring (bicyclic) bond motifs is 1. The van der Waals surface area contributed by atoms with Crippen molar-refractivity contribution >= 4 is 28.2 Å². The number of anilines is 1. The van der Waals surface area contributed by atoms with Crippen LogP contribution in [0.15, 0.2) is 65.5 Å². The Morgan fingerprint density at radius 3 is 2.31 bits per heavy atom. The first kappa shape index (κ1) is 19.1. The van der Waals surface area contributed by atoms with Gasteiger partial charge in [-0.15, -0.1) is 0 Å². The highest BCUT2D eigenvalue weighted by atomic mass is 35.5. The van der Waals surface area contributed by atoms with E-state index >= 15 is 0 Å². The molecule has 0 saturated carbocycles. The van der Waals surface area contributed by atoms with Gasteiger partial charge in [0.25, 0.3) is 5.56 Å². The van der Waals surface area contributed by atoms with Gasteiger partial charge in [-0.3, -0.25) is 4.79 Å². The van der Waals surface area contributed by atoms with Gasteiger partial charge in [0.15, 0.2) is 0 Å². The second-order valence-corrected chi connectivity index (χ2v) is 7.72. The van der Waals surface area contributed by atoms with Gasteiger partial charge in [-0.05, 0) is 47.9 Å². The zero-order valence-corrected chi connectivity index (χ0v) is 17.2. The van der Waals surface area contributed by atoms with Crippen molar-refractivity contribution in [2.75, 3.05) is 19.0 Å². The van der Waals surface area contributed by atoms with Crippen LogP contribution in [0.3, 0.4) is 0 Å². The molecule has 0 aliphatic rings. The van der Waals surface area contributed by atoms with Crippen LogP contribution in [0.5, 0.6) is 5.75 Å². The highest BCUT2D eigenvalue weighted by molar-refractivity contribution is 6.34. The molecule has 0 amide bonds. The maximum Gasteiger partial charge on any atom is 0.260 e. The van der Waals surface area contributed by atoms with E-state index in [-0.39, 0.29) is 16.9 Å². The Kier molecular flexibility index (Phi) is 4.81. The van der Waals surface area contributed by atoms with Crippen molar-refractivity contribution in [1.82, 2.24) is 4.98 Å². The highest BCUT2D eigenvalue weighted by Gasteiger charge is 2.17. The number of aromatic nitrogens is 1. The van der Waals surface area contributed by atoms with Crippen LogP contribution in [-0.4, -0.2) is 24.2 Å². The van der Waals surface area contributed by atoms with E-state index < -0.39 is 0 Å². The Bertz CT molecular complexity index is 1270. The number of aromatic amines is 1. The molecular weight excluding hydrogens is 384 g/mol. The third kappa shape index (κ3) is 3.36. The minimum Gasteiger partial charge on any atom is -0.506 e. The first-order chi connectivity index (χ1) is 13.9. The van der Waals surface area contributed by atoms with Crippen LogP contribution >= 0.6 is 11.6 Å². The van der Waals surface area contributed by atoms with E-state index in [4.69, 9.17) is 11.6 Å². The number of aryl methyl sites for hydroxylation is 1. The van der Waals surface area contributed by atoms with E-state index in [9.17, 15) is 9.90 Å². The molecule has 4 aromatic rings. The van der Waals surface area contributed by atoms with Gasteiger partial charge in [0.05, 0.1) is 16.1 Å². The lowest BCUT2D eigenvalue weighted by Gasteiger charge is -2.14. The summed E-state index contributed by atoms with van der Waals surface area (Å²) in [5.74, 6) is -0.0409. The zero-order chi connectivity index (χ0) is 20.7. The molecule has 4 rings (SSSR count). The lowest BCUT2D eigenvalue weighted by atomic mass is 9.97. The van der Waals surface area contributed by atoms with Crippen LogP contribution in [0.4, 0.5) is 5.69 Å². The molecule has 1 aromatic heterocycles. The smallest absolute Gasteiger partial charge is 0.260 e. The van der Waals surface area contributed by atoms with Crippen LogP contribution in [0.25, 0.3) is 33.2 Å². The lowest BCUT2D eigenvalue weighted by Crippen LogP contribution is -2.10. The van der Waals surface area contributed by atoms with Crippen LogP contribution in [-0.2, 0) is 0 Å². The largest absolute Gasteiger partial charge is 0.506 e. The van der Waals surface area contributed by atoms with Crippen LogP contribution in [0.2, 0.25) is 5.02 Å². The number of pyridine rings is 1. The minimum absolute atomic E-state index is 0.0409. The maximum absolute atomic E-state index is 12.7. The van der Waals surface area contributed by atoms with Gasteiger partial charge in [-0.25, -0.2) is 0 Å². The fraction of sp³-hybridized carbons (Fsp3) is 0.125. The molecule has 0 unspecified atom stereocenters. The van der Waals surface area contributed by atoms with Crippen molar-refractivity contribution in [2.45, 2.75) is 6.92 Å². The van der Waals surface area contributed by atoms with E-state index in [2.05, 4.69) is 4.98 Å². The summed E-state index contributed by atoms with van der Waals surface area (Å²) >= 11 is 6.51. The fourth-order valence-corrected chi connectivity index (χ4v) is 3.84. The first-order valence-corrected chi connectivity index (χ1v) is 9.67. The Hall–Kier alpha value is -3.24. The SMILES string of the molecule is Cc1ccccc1-c1c(O)c2cc(-c3ccc(N(C)C)cc3)c(Cl)cc2[nH]c1=O. The average molecular weight is 405 g/mol. The summed E-state index contributed by atoms with van der Waals surface area (Å²) in [6, 6.07) is 19.0. The Balaban J connectivity index is 1.95.